The summed E-state index contributed by atoms with van der Waals surface area (Å²) in [7, 11) is -3.03. The third-order valence-electron chi connectivity index (χ3n) is 2.01. The van der Waals surface area contributed by atoms with Crippen LogP contribution in [0.25, 0.3) is 10.4 Å². The molecule has 1 aliphatic carbocycles. The Morgan fingerprint density at radius 3 is 2.71 bits per heavy atom. The Labute approximate surface area is 83.4 Å². The zero-order valence-corrected chi connectivity index (χ0v) is 8.70. The minimum Gasteiger partial charge on any atom is -0.215 e. The summed E-state index contributed by atoms with van der Waals surface area (Å²) in [6, 6.07) is 0. The summed E-state index contributed by atoms with van der Waals surface area (Å²) in [6.07, 6.45) is 3.00. The highest BCUT2D eigenvalue weighted by molar-refractivity contribution is 7.90. The lowest BCUT2D eigenvalue weighted by Gasteiger charge is -2.03. The van der Waals surface area contributed by atoms with Crippen molar-refractivity contribution in [3.63, 3.8) is 0 Å². The summed E-state index contributed by atoms with van der Waals surface area (Å²) in [5, 5.41) is 3.20. The van der Waals surface area contributed by atoms with Gasteiger partial charge >= 0.3 is 0 Å². The molecule has 7 heteroatoms. The monoisotopic (exact) mass is 218 g/mol. The van der Waals surface area contributed by atoms with Crippen LogP contribution in [0.5, 0.6) is 0 Å². The molecule has 1 fully saturated rings. The van der Waals surface area contributed by atoms with Crippen LogP contribution in [0.1, 0.15) is 25.7 Å². The lowest BCUT2D eigenvalue weighted by atomic mass is 10.3. The summed E-state index contributed by atoms with van der Waals surface area (Å²) in [6.45, 7) is 0.876. The van der Waals surface area contributed by atoms with E-state index < -0.39 is 10.0 Å². The predicted octanol–water partition coefficient (Wildman–Crippen LogP) is 1.16. The van der Waals surface area contributed by atoms with Crippen LogP contribution >= 0.6 is 0 Å². The van der Waals surface area contributed by atoms with Crippen molar-refractivity contribution in [2.75, 3.05) is 13.1 Å². The van der Waals surface area contributed by atoms with Gasteiger partial charge in [-0.25, -0.2) is 13.1 Å². The van der Waals surface area contributed by atoms with Gasteiger partial charge in [0.25, 0.3) is 0 Å². The molecule has 0 saturated heterocycles. The molecule has 1 saturated carbocycles. The maximum absolute atomic E-state index is 11.3. The highest BCUT2D eigenvalue weighted by atomic mass is 32.2. The van der Waals surface area contributed by atoms with Gasteiger partial charge in [-0.15, -0.1) is 0 Å². The Hall–Kier alpha value is -0.780. The SMILES string of the molecule is [N-]=[N+]=NCCCCNS(=O)(=O)C1CC1. The number of hydrogen-bond acceptors (Lipinski definition) is 3. The summed E-state index contributed by atoms with van der Waals surface area (Å²) in [5.41, 5.74) is 7.98. The highest BCUT2D eigenvalue weighted by Crippen LogP contribution is 2.27. The fraction of sp³-hybridized carbons (Fsp3) is 1.00. The number of unbranched alkanes of at least 4 members (excludes halogenated alkanes) is 1. The van der Waals surface area contributed by atoms with Crippen molar-refractivity contribution in [3.8, 4) is 0 Å². The lowest BCUT2D eigenvalue weighted by molar-refractivity contribution is 0.576. The first-order valence-electron chi connectivity index (χ1n) is 4.66. The molecule has 0 aromatic carbocycles. The van der Waals surface area contributed by atoms with E-state index in [9.17, 15) is 8.42 Å². The average molecular weight is 218 g/mol. The number of azide groups is 1. The third-order valence-corrected chi connectivity index (χ3v) is 3.97. The molecule has 0 amide bonds. The van der Waals surface area contributed by atoms with Crippen molar-refractivity contribution in [1.82, 2.24) is 4.72 Å². The number of nitrogens with zero attached hydrogens (tertiary/aromatic N) is 3. The van der Waals surface area contributed by atoms with Crippen molar-refractivity contribution < 1.29 is 8.42 Å². The van der Waals surface area contributed by atoms with Crippen molar-refractivity contribution in [1.29, 1.82) is 0 Å². The zero-order valence-electron chi connectivity index (χ0n) is 7.89. The first kappa shape index (κ1) is 11.3. The third kappa shape index (κ3) is 3.95. The van der Waals surface area contributed by atoms with Crippen LogP contribution in [-0.2, 0) is 10.0 Å². The molecule has 14 heavy (non-hydrogen) atoms. The normalized spacial score (nSPS) is 16.3. The van der Waals surface area contributed by atoms with Crippen LogP contribution in [0.15, 0.2) is 5.11 Å². The first-order valence-corrected chi connectivity index (χ1v) is 6.21. The van der Waals surface area contributed by atoms with Crippen LogP contribution in [0.2, 0.25) is 0 Å². The number of sulfonamides is 1. The van der Waals surface area contributed by atoms with Crippen molar-refractivity contribution >= 4 is 10.0 Å². The van der Waals surface area contributed by atoms with Gasteiger partial charge in [-0.05, 0) is 31.2 Å². The smallest absolute Gasteiger partial charge is 0.214 e. The topological polar surface area (TPSA) is 94.9 Å². The van der Waals surface area contributed by atoms with Crippen LogP contribution in [0.3, 0.4) is 0 Å². The molecule has 0 bridgehead atoms. The number of rotatable bonds is 7. The van der Waals surface area contributed by atoms with Crippen LogP contribution in [0.4, 0.5) is 0 Å². The van der Waals surface area contributed by atoms with E-state index >= 15 is 0 Å². The van der Waals surface area contributed by atoms with Gasteiger partial charge in [0.05, 0.1) is 5.25 Å². The van der Waals surface area contributed by atoms with Gasteiger partial charge in [0, 0.05) is 18.0 Å². The van der Waals surface area contributed by atoms with Crippen LogP contribution in [-0.4, -0.2) is 26.8 Å². The van der Waals surface area contributed by atoms with E-state index in [0.29, 0.717) is 19.5 Å². The summed E-state index contributed by atoms with van der Waals surface area (Å²) >= 11 is 0. The van der Waals surface area contributed by atoms with Crippen LogP contribution in [0, 0.1) is 0 Å². The Morgan fingerprint density at radius 2 is 2.14 bits per heavy atom. The van der Waals surface area contributed by atoms with E-state index in [0.717, 1.165) is 19.3 Å². The first-order chi connectivity index (χ1) is 6.67. The van der Waals surface area contributed by atoms with Crippen molar-refractivity contribution in [2.24, 2.45) is 5.11 Å². The molecule has 80 valence electrons. The van der Waals surface area contributed by atoms with E-state index in [1.54, 1.807) is 0 Å². The fourth-order valence-corrected chi connectivity index (χ4v) is 2.48. The van der Waals surface area contributed by atoms with Gasteiger partial charge in [-0.2, -0.15) is 0 Å². The molecule has 0 radical (unpaired) electrons. The largest absolute Gasteiger partial charge is 0.215 e. The van der Waals surface area contributed by atoms with Gasteiger partial charge in [-0.3, -0.25) is 0 Å². The van der Waals surface area contributed by atoms with E-state index in [1.807, 2.05) is 0 Å². The molecule has 0 unspecified atom stereocenters. The van der Waals surface area contributed by atoms with E-state index in [1.165, 1.54) is 0 Å². The standard InChI is InChI=1S/C7H14N4O2S/c8-11-9-5-1-2-6-10-14(12,13)7-3-4-7/h7,10H,1-6H2. The van der Waals surface area contributed by atoms with E-state index in [-0.39, 0.29) is 5.25 Å². The van der Waals surface area contributed by atoms with Gasteiger partial charge in [-0.1, -0.05) is 5.11 Å². The quantitative estimate of drug-likeness (QED) is 0.300. The summed E-state index contributed by atoms with van der Waals surface area (Å²) in [4.78, 5) is 2.61. The van der Waals surface area contributed by atoms with Gasteiger partial charge in [0.15, 0.2) is 0 Å². The minimum atomic E-state index is -3.03. The number of hydrogen-bond donors (Lipinski definition) is 1. The molecular weight excluding hydrogens is 204 g/mol. The molecule has 0 aromatic rings. The fourth-order valence-electron chi connectivity index (χ4n) is 1.06. The highest BCUT2D eigenvalue weighted by Gasteiger charge is 2.34. The Morgan fingerprint density at radius 1 is 1.43 bits per heavy atom. The summed E-state index contributed by atoms with van der Waals surface area (Å²) < 4.78 is 25.1. The molecule has 0 aliphatic heterocycles. The second kappa shape index (κ2) is 5.19. The Kier molecular flexibility index (Phi) is 4.19. The molecule has 0 atom stereocenters. The molecule has 1 aliphatic rings. The summed E-state index contributed by atoms with van der Waals surface area (Å²) in [5.74, 6) is 0. The van der Waals surface area contributed by atoms with E-state index in [4.69, 9.17) is 5.53 Å². The van der Waals surface area contributed by atoms with Gasteiger partial charge in [0.2, 0.25) is 10.0 Å². The predicted molar refractivity (Wildman–Crippen MR) is 53.2 cm³/mol. The van der Waals surface area contributed by atoms with Crippen molar-refractivity contribution in [2.45, 2.75) is 30.9 Å². The minimum absolute atomic E-state index is 0.153. The molecule has 1 N–H and O–H groups in total. The maximum atomic E-state index is 11.3. The molecular formula is C7H14N4O2S. The maximum Gasteiger partial charge on any atom is 0.214 e. The molecule has 0 spiro atoms. The molecule has 1 rings (SSSR count). The second-order valence-electron chi connectivity index (χ2n) is 3.30. The van der Waals surface area contributed by atoms with Crippen LogP contribution < -0.4 is 4.72 Å². The molecule has 0 aromatic heterocycles. The number of nitrogens with one attached hydrogen (secondary N) is 1. The zero-order chi connectivity index (χ0) is 10.4. The molecule has 0 heterocycles. The Bertz CT molecular complexity index is 317. The van der Waals surface area contributed by atoms with Gasteiger partial charge < -0.3 is 0 Å². The van der Waals surface area contributed by atoms with E-state index in [2.05, 4.69) is 14.7 Å². The molecule has 6 nitrogen and oxygen atoms in total. The Balaban J connectivity index is 2.06. The average Bonchev–Trinajstić information content (AvgIpc) is 2.94. The van der Waals surface area contributed by atoms with Crippen molar-refractivity contribution in [3.05, 3.63) is 10.4 Å². The lowest BCUT2D eigenvalue weighted by Crippen LogP contribution is -2.28. The van der Waals surface area contributed by atoms with Gasteiger partial charge in [0.1, 0.15) is 0 Å². The second-order valence-corrected chi connectivity index (χ2v) is 5.35.